The van der Waals surface area contributed by atoms with Gasteiger partial charge >= 0.3 is 0 Å². The van der Waals surface area contributed by atoms with Crippen LogP contribution in [0.5, 0.6) is 5.75 Å². The number of rotatable bonds is 5. The lowest BCUT2D eigenvalue weighted by Gasteiger charge is -2.04. The molecule has 0 aliphatic carbocycles. The summed E-state index contributed by atoms with van der Waals surface area (Å²) in [5.74, 6) is 1.39. The van der Waals surface area contributed by atoms with Gasteiger partial charge in [0, 0.05) is 0 Å². The van der Waals surface area contributed by atoms with Crippen LogP contribution in [0.2, 0.25) is 0 Å². The number of ether oxygens (including phenoxy) is 1. The van der Waals surface area contributed by atoms with Crippen LogP contribution in [-0.2, 0) is 6.42 Å². The van der Waals surface area contributed by atoms with Crippen LogP contribution in [0, 0.1) is 17.4 Å². The Bertz CT molecular complexity index is 321. The summed E-state index contributed by atoms with van der Waals surface area (Å²) in [4.78, 5) is 0. The maximum absolute atomic E-state index is 8.32. The third-order valence-electron chi connectivity index (χ3n) is 2.33. The van der Waals surface area contributed by atoms with E-state index in [1.165, 1.54) is 18.4 Å². The lowest BCUT2D eigenvalue weighted by Crippen LogP contribution is -1.91. The molecule has 1 aromatic rings. The van der Waals surface area contributed by atoms with E-state index in [1.807, 2.05) is 24.3 Å². The summed E-state index contributed by atoms with van der Waals surface area (Å²) < 4.78 is 4.71. The summed E-state index contributed by atoms with van der Waals surface area (Å²) >= 11 is 0. The molecule has 0 saturated carbocycles. The van der Waals surface area contributed by atoms with E-state index < -0.39 is 0 Å². The Labute approximate surface area is 91.5 Å². The van der Waals surface area contributed by atoms with Gasteiger partial charge in [0.1, 0.15) is 5.75 Å². The molecule has 0 radical (unpaired) electrons. The molecular formula is C13H17NO. The van der Waals surface area contributed by atoms with Crippen molar-refractivity contribution in [1.82, 2.24) is 0 Å². The minimum Gasteiger partial charge on any atom is -0.388 e. The van der Waals surface area contributed by atoms with Crippen molar-refractivity contribution in [2.75, 3.05) is 0 Å². The SMILES string of the molecule is CC(C)CCCc1ccc(OC#N)cc1. The van der Waals surface area contributed by atoms with Gasteiger partial charge in [-0.25, -0.2) is 0 Å². The Kier molecular flexibility index (Phi) is 4.70. The third kappa shape index (κ3) is 4.51. The molecule has 0 bridgehead atoms. The van der Waals surface area contributed by atoms with Gasteiger partial charge in [-0.2, -0.15) is 0 Å². The van der Waals surface area contributed by atoms with Crippen LogP contribution in [0.1, 0.15) is 32.3 Å². The van der Waals surface area contributed by atoms with E-state index in [1.54, 1.807) is 6.26 Å². The minimum absolute atomic E-state index is 0.616. The predicted molar refractivity (Wildman–Crippen MR) is 60.5 cm³/mol. The van der Waals surface area contributed by atoms with Crippen LogP contribution in [-0.4, -0.2) is 0 Å². The average Bonchev–Trinajstić information content (AvgIpc) is 2.20. The zero-order valence-corrected chi connectivity index (χ0v) is 9.36. The van der Waals surface area contributed by atoms with Crippen LogP contribution < -0.4 is 4.74 Å². The highest BCUT2D eigenvalue weighted by atomic mass is 16.5. The molecule has 0 spiro atoms. The van der Waals surface area contributed by atoms with Crippen molar-refractivity contribution in [3.05, 3.63) is 29.8 Å². The zero-order chi connectivity index (χ0) is 11.1. The van der Waals surface area contributed by atoms with E-state index in [0.29, 0.717) is 5.75 Å². The fourth-order valence-electron chi connectivity index (χ4n) is 1.49. The maximum Gasteiger partial charge on any atom is 0.292 e. The van der Waals surface area contributed by atoms with E-state index >= 15 is 0 Å². The Morgan fingerprint density at radius 3 is 2.47 bits per heavy atom. The van der Waals surface area contributed by atoms with Crippen LogP contribution in [0.4, 0.5) is 0 Å². The Balaban J connectivity index is 2.40. The molecule has 0 aliphatic rings. The monoisotopic (exact) mass is 203 g/mol. The van der Waals surface area contributed by atoms with Crippen LogP contribution in [0.3, 0.4) is 0 Å². The van der Waals surface area contributed by atoms with Gasteiger partial charge in [0.15, 0.2) is 0 Å². The number of hydrogen-bond acceptors (Lipinski definition) is 2. The lowest BCUT2D eigenvalue weighted by molar-refractivity contribution is 0.506. The maximum atomic E-state index is 8.32. The summed E-state index contributed by atoms with van der Waals surface area (Å²) in [6.07, 6.45) is 5.24. The van der Waals surface area contributed by atoms with Gasteiger partial charge < -0.3 is 4.74 Å². The summed E-state index contributed by atoms with van der Waals surface area (Å²) in [6, 6.07) is 7.72. The molecule has 2 heteroatoms. The number of benzene rings is 1. The molecule has 0 atom stereocenters. The molecule has 0 heterocycles. The molecule has 15 heavy (non-hydrogen) atoms. The van der Waals surface area contributed by atoms with Crippen molar-refractivity contribution < 1.29 is 4.74 Å². The van der Waals surface area contributed by atoms with E-state index in [4.69, 9.17) is 10.00 Å². The zero-order valence-electron chi connectivity index (χ0n) is 9.36. The van der Waals surface area contributed by atoms with E-state index in [-0.39, 0.29) is 0 Å². The number of aryl methyl sites for hydroxylation is 1. The van der Waals surface area contributed by atoms with E-state index in [0.717, 1.165) is 12.3 Å². The Hall–Kier alpha value is -1.49. The summed E-state index contributed by atoms with van der Waals surface area (Å²) in [6.45, 7) is 4.48. The smallest absolute Gasteiger partial charge is 0.292 e. The van der Waals surface area contributed by atoms with Gasteiger partial charge in [-0.15, -0.1) is 5.26 Å². The topological polar surface area (TPSA) is 33.0 Å². The number of nitrogens with zero attached hydrogens (tertiary/aromatic N) is 1. The van der Waals surface area contributed by atoms with Gasteiger partial charge in [-0.3, -0.25) is 0 Å². The highest BCUT2D eigenvalue weighted by molar-refractivity contribution is 5.28. The number of nitriles is 1. The fraction of sp³-hybridized carbons (Fsp3) is 0.462. The summed E-state index contributed by atoms with van der Waals surface area (Å²) in [5, 5.41) is 8.32. The van der Waals surface area contributed by atoms with E-state index in [2.05, 4.69) is 13.8 Å². The van der Waals surface area contributed by atoms with Crippen LogP contribution >= 0.6 is 0 Å². The van der Waals surface area contributed by atoms with Crippen molar-refractivity contribution in [2.24, 2.45) is 5.92 Å². The Morgan fingerprint density at radius 1 is 1.27 bits per heavy atom. The standard InChI is InChI=1S/C13H17NO/c1-11(2)4-3-5-12-6-8-13(9-7-12)15-10-14/h6-9,11H,3-5H2,1-2H3. The molecule has 80 valence electrons. The predicted octanol–water partition coefficient (Wildman–Crippen LogP) is 3.53. The quantitative estimate of drug-likeness (QED) is 0.686. The van der Waals surface area contributed by atoms with Crippen LogP contribution in [0.15, 0.2) is 24.3 Å². The van der Waals surface area contributed by atoms with Gasteiger partial charge in [-0.05, 0) is 36.5 Å². The molecule has 0 unspecified atom stereocenters. The van der Waals surface area contributed by atoms with Gasteiger partial charge in [-0.1, -0.05) is 32.4 Å². The molecule has 1 aromatic carbocycles. The highest BCUT2D eigenvalue weighted by Crippen LogP contribution is 2.14. The summed E-state index contributed by atoms with van der Waals surface area (Å²) in [7, 11) is 0. The van der Waals surface area contributed by atoms with Gasteiger partial charge in [0.2, 0.25) is 0 Å². The first-order valence-electron chi connectivity index (χ1n) is 5.37. The first-order valence-corrected chi connectivity index (χ1v) is 5.37. The fourth-order valence-corrected chi connectivity index (χ4v) is 1.49. The average molecular weight is 203 g/mol. The molecule has 1 rings (SSSR count). The van der Waals surface area contributed by atoms with Crippen molar-refractivity contribution in [3.63, 3.8) is 0 Å². The van der Waals surface area contributed by atoms with Gasteiger partial charge in [0.25, 0.3) is 6.26 Å². The first-order chi connectivity index (χ1) is 7.22. The molecule has 2 nitrogen and oxygen atoms in total. The van der Waals surface area contributed by atoms with Crippen LogP contribution in [0.25, 0.3) is 0 Å². The molecule has 0 amide bonds. The van der Waals surface area contributed by atoms with Crippen molar-refractivity contribution in [2.45, 2.75) is 33.1 Å². The second kappa shape index (κ2) is 6.08. The van der Waals surface area contributed by atoms with Crippen molar-refractivity contribution in [1.29, 1.82) is 5.26 Å². The van der Waals surface area contributed by atoms with Gasteiger partial charge in [0.05, 0.1) is 0 Å². The lowest BCUT2D eigenvalue weighted by atomic mass is 10.0. The minimum atomic E-state index is 0.616. The van der Waals surface area contributed by atoms with E-state index in [9.17, 15) is 0 Å². The molecular weight excluding hydrogens is 186 g/mol. The Morgan fingerprint density at radius 2 is 1.93 bits per heavy atom. The molecule has 0 N–H and O–H groups in total. The molecule has 0 aliphatic heterocycles. The molecule has 0 fully saturated rings. The molecule has 0 aromatic heterocycles. The normalized spacial score (nSPS) is 10.0. The number of hydrogen-bond donors (Lipinski definition) is 0. The highest BCUT2D eigenvalue weighted by Gasteiger charge is 1.97. The van der Waals surface area contributed by atoms with Crippen molar-refractivity contribution in [3.8, 4) is 12.0 Å². The largest absolute Gasteiger partial charge is 0.388 e. The third-order valence-corrected chi connectivity index (χ3v) is 2.33. The second-order valence-corrected chi connectivity index (χ2v) is 4.12. The summed E-state index contributed by atoms with van der Waals surface area (Å²) in [5.41, 5.74) is 1.31. The second-order valence-electron chi connectivity index (χ2n) is 4.12. The van der Waals surface area contributed by atoms with Crippen molar-refractivity contribution >= 4 is 0 Å². The first kappa shape index (κ1) is 11.6. The molecule has 0 saturated heterocycles.